The highest BCUT2D eigenvalue weighted by Crippen LogP contribution is 2.10. The normalized spacial score (nSPS) is 31.3. The molecular formula is C11H22N2O. The quantitative estimate of drug-likeness (QED) is 0.712. The molecule has 0 aromatic carbocycles. The maximum Gasteiger partial charge on any atom is 0.0594 e. The maximum absolute atomic E-state index is 5.35. The highest BCUT2D eigenvalue weighted by Gasteiger charge is 2.17. The lowest BCUT2D eigenvalue weighted by Gasteiger charge is -2.30. The summed E-state index contributed by atoms with van der Waals surface area (Å²) in [4.78, 5) is 2.53. The van der Waals surface area contributed by atoms with Gasteiger partial charge >= 0.3 is 0 Å². The van der Waals surface area contributed by atoms with Gasteiger partial charge in [-0.2, -0.15) is 0 Å². The molecule has 0 aromatic rings. The number of ether oxygens (including phenoxy) is 1. The largest absolute Gasteiger partial charge is 0.379 e. The van der Waals surface area contributed by atoms with Gasteiger partial charge in [0.15, 0.2) is 0 Å². The molecule has 0 aromatic heterocycles. The van der Waals surface area contributed by atoms with Gasteiger partial charge in [0.25, 0.3) is 0 Å². The van der Waals surface area contributed by atoms with Crippen LogP contribution >= 0.6 is 0 Å². The summed E-state index contributed by atoms with van der Waals surface area (Å²) in [6.45, 7) is 6.54. The monoisotopic (exact) mass is 198 g/mol. The fourth-order valence-corrected chi connectivity index (χ4v) is 2.35. The van der Waals surface area contributed by atoms with Crippen molar-refractivity contribution >= 4 is 0 Å². The summed E-state index contributed by atoms with van der Waals surface area (Å²) in [5, 5.41) is 3.65. The van der Waals surface area contributed by atoms with E-state index in [0.717, 1.165) is 32.3 Å². The summed E-state index contributed by atoms with van der Waals surface area (Å²) < 4.78 is 5.35. The Morgan fingerprint density at radius 1 is 1.14 bits per heavy atom. The number of hydrogen-bond donors (Lipinski definition) is 1. The van der Waals surface area contributed by atoms with Gasteiger partial charge in [0, 0.05) is 25.7 Å². The lowest BCUT2D eigenvalue weighted by Crippen LogP contribution is -2.45. The Morgan fingerprint density at radius 3 is 2.86 bits per heavy atom. The molecule has 2 aliphatic heterocycles. The Hall–Kier alpha value is -0.120. The fraction of sp³-hybridized carbons (Fsp3) is 1.00. The first kappa shape index (κ1) is 10.4. The molecule has 2 heterocycles. The van der Waals surface area contributed by atoms with Crippen molar-refractivity contribution in [3.8, 4) is 0 Å². The SMILES string of the molecule is C1CCN[C@H](CN2CCOCC2)CC1. The van der Waals surface area contributed by atoms with Gasteiger partial charge in [0.2, 0.25) is 0 Å². The summed E-state index contributed by atoms with van der Waals surface area (Å²) in [5.74, 6) is 0. The molecule has 0 aliphatic carbocycles. The average molecular weight is 198 g/mol. The van der Waals surface area contributed by atoms with Crippen molar-refractivity contribution in [1.29, 1.82) is 0 Å². The Labute approximate surface area is 86.8 Å². The van der Waals surface area contributed by atoms with E-state index in [1.165, 1.54) is 38.8 Å². The number of nitrogens with zero attached hydrogens (tertiary/aromatic N) is 1. The van der Waals surface area contributed by atoms with Crippen molar-refractivity contribution in [2.24, 2.45) is 0 Å². The van der Waals surface area contributed by atoms with E-state index < -0.39 is 0 Å². The smallest absolute Gasteiger partial charge is 0.0594 e. The van der Waals surface area contributed by atoms with Crippen LogP contribution in [-0.4, -0.2) is 50.3 Å². The number of hydrogen-bond acceptors (Lipinski definition) is 3. The second-order valence-corrected chi connectivity index (χ2v) is 4.41. The van der Waals surface area contributed by atoms with Crippen molar-refractivity contribution in [3.63, 3.8) is 0 Å². The van der Waals surface area contributed by atoms with Gasteiger partial charge in [-0.05, 0) is 19.4 Å². The van der Waals surface area contributed by atoms with Crippen LogP contribution in [-0.2, 0) is 4.74 Å². The molecule has 0 unspecified atom stereocenters. The van der Waals surface area contributed by atoms with E-state index in [-0.39, 0.29) is 0 Å². The van der Waals surface area contributed by atoms with Crippen molar-refractivity contribution in [2.75, 3.05) is 39.4 Å². The molecule has 3 nitrogen and oxygen atoms in total. The van der Waals surface area contributed by atoms with Crippen LogP contribution < -0.4 is 5.32 Å². The molecule has 82 valence electrons. The predicted octanol–water partition coefficient (Wildman–Crippen LogP) is 0.851. The van der Waals surface area contributed by atoms with Gasteiger partial charge in [-0.1, -0.05) is 12.8 Å². The molecule has 0 radical (unpaired) electrons. The zero-order chi connectivity index (χ0) is 9.64. The highest BCUT2D eigenvalue weighted by atomic mass is 16.5. The minimum Gasteiger partial charge on any atom is -0.379 e. The van der Waals surface area contributed by atoms with Crippen LogP contribution in [0, 0.1) is 0 Å². The zero-order valence-corrected chi connectivity index (χ0v) is 9.00. The molecule has 14 heavy (non-hydrogen) atoms. The molecule has 0 saturated carbocycles. The molecule has 1 atom stereocenters. The van der Waals surface area contributed by atoms with Crippen LogP contribution in [0.2, 0.25) is 0 Å². The first-order chi connectivity index (χ1) is 6.95. The molecule has 2 rings (SSSR count). The zero-order valence-electron chi connectivity index (χ0n) is 9.00. The third-order valence-corrected chi connectivity index (χ3v) is 3.24. The molecular weight excluding hydrogens is 176 g/mol. The standard InChI is InChI=1S/C11H22N2O/c1-2-4-11(12-5-3-1)10-13-6-8-14-9-7-13/h11-12H,1-10H2/t11-/m0/s1. The Bertz CT molecular complexity index is 149. The van der Waals surface area contributed by atoms with Crippen LogP contribution in [0.25, 0.3) is 0 Å². The fourth-order valence-electron chi connectivity index (χ4n) is 2.35. The van der Waals surface area contributed by atoms with Crippen LogP contribution in [0.5, 0.6) is 0 Å². The molecule has 0 bridgehead atoms. The minimum atomic E-state index is 0.732. The number of rotatable bonds is 2. The third-order valence-electron chi connectivity index (χ3n) is 3.24. The molecule has 1 N–H and O–H groups in total. The van der Waals surface area contributed by atoms with Gasteiger partial charge in [-0.3, -0.25) is 4.90 Å². The van der Waals surface area contributed by atoms with Crippen LogP contribution in [0.4, 0.5) is 0 Å². The van der Waals surface area contributed by atoms with Gasteiger partial charge in [-0.25, -0.2) is 0 Å². The predicted molar refractivity (Wildman–Crippen MR) is 57.5 cm³/mol. The molecule has 3 heteroatoms. The molecule has 2 fully saturated rings. The highest BCUT2D eigenvalue weighted by molar-refractivity contribution is 4.75. The van der Waals surface area contributed by atoms with Gasteiger partial charge in [-0.15, -0.1) is 0 Å². The summed E-state index contributed by atoms with van der Waals surface area (Å²) in [6.07, 6.45) is 5.53. The first-order valence-electron chi connectivity index (χ1n) is 5.98. The van der Waals surface area contributed by atoms with Gasteiger partial charge in [0.1, 0.15) is 0 Å². The summed E-state index contributed by atoms with van der Waals surface area (Å²) >= 11 is 0. The van der Waals surface area contributed by atoms with E-state index in [4.69, 9.17) is 4.74 Å². The van der Waals surface area contributed by atoms with Crippen molar-refractivity contribution in [1.82, 2.24) is 10.2 Å². The Kier molecular flexibility index (Phi) is 4.22. The third kappa shape index (κ3) is 3.23. The van der Waals surface area contributed by atoms with E-state index in [1.807, 2.05) is 0 Å². The van der Waals surface area contributed by atoms with E-state index in [0.29, 0.717) is 0 Å². The van der Waals surface area contributed by atoms with Crippen molar-refractivity contribution in [3.05, 3.63) is 0 Å². The molecule has 0 amide bonds. The summed E-state index contributed by atoms with van der Waals surface area (Å²) in [7, 11) is 0. The maximum atomic E-state index is 5.35. The number of nitrogens with one attached hydrogen (secondary N) is 1. The van der Waals surface area contributed by atoms with E-state index >= 15 is 0 Å². The van der Waals surface area contributed by atoms with E-state index in [2.05, 4.69) is 10.2 Å². The topological polar surface area (TPSA) is 24.5 Å². The molecule has 0 spiro atoms. The molecule has 2 saturated heterocycles. The molecule has 2 aliphatic rings. The summed E-state index contributed by atoms with van der Waals surface area (Å²) in [6, 6.07) is 0.732. The lowest BCUT2D eigenvalue weighted by atomic mass is 10.1. The van der Waals surface area contributed by atoms with Gasteiger partial charge in [0.05, 0.1) is 13.2 Å². The average Bonchev–Trinajstić information content (AvgIpc) is 2.48. The lowest BCUT2D eigenvalue weighted by molar-refractivity contribution is 0.0333. The number of morpholine rings is 1. The van der Waals surface area contributed by atoms with Crippen LogP contribution in [0.3, 0.4) is 0 Å². The van der Waals surface area contributed by atoms with E-state index in [9.17, 15) is 0 Å². The van der Waals surface area contributed by atoms with Crippen molar-refractivity contribution < 1.29 is 4.74 Å². The van der Waals surface area contributed by atoms with E-state index in [1.54, 1.807) is 0 Å². The minimum absolute atomic E-state index is 0.732. The van der Waals surface area contributed by atoms with Crippen LogP contribution in [0.15, 0.2) is 0 Å². The van der Waals surface area contributed by atoms with Crippen LogP contribution in [0.1, 0.15) is 25.7 Å². The Balaban J connectivity index is 1.71. The van der Waals surface area contributed by atoms with Gasteiger partial charge < -0.3 is 10.1 Å². The second kappa shape index (κ2) is 5.69. The second-order valence-electron chi connectivity index (χ2n) is 4.41. The summed E-state index contributed by atoms with van der Waals surface area (Å²) in [5.41, 5.74) is 0. The first-order valence-corrected chi connectivity index (χ1v) is 5.98. The van der Waals surface area contributed by atoms with Crippen molar-refractivity contribution in [2.45, 2.75) is 31.7 Å². The Morgan fingerprint density at radius 2 is 2.00 bits per heavy atom.